The Morgan fingerprint density at radius 3 is 2.71 bits per heavy atom. The molecule has 0 saturated carbocycles. The molecular weight excluding hydrogens is 264 g/mol. The number of carbonyl (C=O) groups excluding carboxylic acids is 1. The van der Waals surface area contributed by atoms with Crippen LogP contribution in [-0.2, 0) is 17.8 Å². The number of carbonyl (C=O) groups is 1. The second-order valence-electron chi connectivity index (χ2n) is 5.38. The van der Waals surface area contributed by atoms with Crippen molar-refractivity contribution in [3.63, 3.8) is 0 Å². The SMILES string of the molecule is CN(Cc1ccccc1O)C(=O)[C@@H]1Cc2ccccc2N1. The molecule has 0 fully saturated rings. The van der Waals surface area contributed by atoms with Crippen LogP contribution < -0.4 is 5.32 Å². The molecule has 2 aromatic carbocycles. The Hall–Kier alpha value is -2.49. The maximum Gasteiger partial charge on any atom is 0.245 e. The molecule has 2 aromatic rings. The van der Waals surface area contributed by atoms with Crippen molar-refractivity contribution < 1.29 is 9.90 Å². The number of benzene rings is 2. The van der Waals surface area contributed by atoms with Gasteiger partial charge in [-0.05, 0) is 17.7 Å². The Kier molecular flexibility index (Phi) is 3.52. The fourth-order valence-electron chi connectivity index (χ4n) is 2.69. The highest BCUT2D eigenvalue weighted by molar-refractivity contribution is 5.87. The fourth-order valence-corrected chi connectivity index (χ4v) is 2.69. The topological polar surface area (TPSA) is 52.6 Å². The lowest BCUT2D eigenvalue weighted by molar-refractivity contribution is -0.131. The fraction of sp³-hybridized carbons (Fsp3) is 0.235. The summed E-state index contributed by atoms with van der Waals surface area (Å²) in [5.41, 5.74) is 2.96. The van der Waals surface area contributed by atoms with Crippen molar-refractivity contribution in [1.29, 1.82) is 0 Å². The summed E-state index contributed by atoms with van der Waals surface area (Å²) >= 11 is 0. The molecule has 21 heavy (non-hydrogen) atoms. The third-order valence-corrected chi connectivity index (χ3v) is 3.84. The molecule has 0 radical (unpaired) electrons. The molecule has 3 rings (SSSR count). The maximum absolute atomic E-state index is 12.5. The van der Waals surface area contributed by atoms with Gasteiger partial charge in [-0.15, -0.1) is 0 Å². The summed E-state index contributed by atoms with van der Waals surface area (Å²) in [5.74, 6) is 0.259. The van der Waals surface area contributed by atoms with Crippen LogP contribution in [0.15, 0.2) is 48.5 Å². The van der Waals surface area contributed by atoms with E-state index in [0.29, 0.717) is 13.0 Å². The van der Waals surface area contributed by atoms with Crippen LogP contribution in [0, 0.1) is 0 Å². The Balaban J connectivity index is 1.68. The van der Waals surface area contributed by atoms with Gasteiger partial charge in [0.25, 0.3) is 0 Å². The minimum atomic E-state index is -0.224. The van der Waals surface area contributed by atoms with E-state index in [1.165, 1.54) is 5.56 Å². The highest BCUT2D eigenvalue weighted by Gasteiger charge is 2.28. The molecule has 0 saturated heterocycles. The van der Waals surface area contributed by atoms with Gasteiger partial charge in [-0.3, -0.25) is 4.79 Å². The normalized spacial score (nSPS) is 16.1. The number of nitrogens with one attached hydrogen (secondary N) is 1. The van der Waals surface area contributed by atoms with Crippen molar-refractivity contribution in [2.75, 3.05) is 12.4 Å². The molecule has 1 heterocycles. The molecular formula is C17H18N2O2. The van der Waals surface area contributed by atoms with Crippen LogP contribution in [-0.4, -0.2) is 29.0 Å². The number of nitrogens with zero attached hydrogens (tertiary/aromatic N) is 1. The van der Waals surface area contributed by atoms with E-state index >= 15 is 0 Å². The van der Waals surface area contributed by atoms with Gasteiger partial charge in [0.2, 0.25) is 5.91 Å². The third kappa shape index (κ3) is 2.70. The largest absolute Gasteiger partial charge is 0.508 e. The first-order valence-corrected chi connectivity index (χ1v) is 7.01. The van der Waals surface area contributed by atoms with Crippen molar-refractivity contribution in [3.05, 3.63) is 59.7 Å². The molecule has 0 unspecified atom stereocenters. The van der Waals surface area contributed by atoms with E-state index in [0.717, 1.165) is 11.3 Å². The second kappa shape index (κ2) is 5.48. The predicted octanol–water partition coefficient (Wildman–Crippen LogP) is 2.39. The molecule has 108 valence electrons. The molecule has 0 bridgehead atoms. The first-order chi connectivity index (χ1) is 10.1. The van der Waals surface area contributed by atoms with Crippen LogP contribution in [0.25, 0.3) is 0 Å². The van der Waals surface area contributed by atoms with E-state index in [1.54, 1.807) is 24.1 Å². The van der Waals surface area contributed by atoms with Gasteiger partial charge < -0.3 is 15.3 Å². The number of phenols is 1. The van der Waals surface area contributed by atoms with E-state index in [-0.39, 0.29) is 17.7 Å². The average molecular weight is 282 g/mol. The first-order valence-electron chi connectivity index (χ1n) is 7.01. The number of hydrogen-bond acceptors (Lipinski definition) is 3. The minimum absolute atomic E-state index is 0.0365. The van der Waals surface area contributed by atoms with Crippen molar-refractivity contribution >= 4 is 11.6 Å². The van der Waals surface area contributed by atoms with E-state index in [1.807, 2.05) is 36.4 Å². The zero-order valence-electron chi connectivity index (χ0n) is 11.9. The zero-order chi connectivity index (χ0) is 14.8. The lowest BCUT2D eigenvalue weighted by atomic mass is 10.1. The highest BCUT2D eigenvalue weighted by Crippen LogP contribution is 2.26. The van der Waals surface area contributed by atoms with Crippen molar-refractivity contribution in [1.82, 2.24) is 4.90 Å². The van der Waals surface area contributed by atoms with Crippen LogP contribution in [0.5, 0.6) is 5.75 Å². The number of amides is 1. The van der Waals surface area contributed by atoms with Crippen molar-refractivity contribution in [2.45, 2.75) is 19.0 Å². The molecule has 2 N–H and O–H groups in total. The van der Waals surface area contributed by atoms with Crippen molar-refractivity contribution in [3.8, 4) is 5.75 Å². The first kappa shape index (κ1) is 13.5. The number of fused-ring (bicyclic) bond motifs is 1. The van der Waals surface area contributed by atoms with Crippen molar-refractivity contribution in [2.24, 2.45) is 0 Å². The standard InChI is InChI=1S/C17H18N2O2/c1-19(11-13-7-3-5-9-16(13)20)17(21)15-10-12-6-2-4-8-14(12)18-15/h2-9,15,18,20H,10-11H2,1H3/t15-/m0/s1. The molecule has 4 nitrogen and oxygen atoms in total. The highest BCUT2D eigenvalue weighted by atomic mass is 16.3. The number of anilines is 1. The summed E-state index contributed by atoms with van der Waals surface area (Å²) in [6.07, 6.45) is 0.708. The van der Waals surface area contributed by atoms with Crippen LogP contribution in [0.4, 0.5) is 5.69 Å². The quantitative estimate of drug-likeness (QED) is 0.909. The molecule has 0 aliphatic carbocycles. The zero-order valence-corrected chi connectivity index (χ0v) is 11.9. The lowest BCUT2D eigenvalue weighted by Gasteiger charge is -2.22. The monoisotopic (exact) mass is 282 g/mol. The summed E-state index contributed by atoms with van der Waals surface area (Å²) < 4.78 is 0. The summed E-state index contributed by atoms with van der Waals surface area (Å²) in [4.78, 5) is 14.2. The van der Waals surface area contributed by atoms with Crippen LogP contribution in [0.1, 0.15) is 11.1 Å². The van der Waals surface area contributed by atoms with Gasteiger partial charge in [0, 0.05) is 31.3 Å². The minimum Gasteiger partial charge on any atom is -0.508 e. The summed E-state index contributed by atoms with van der Waals surface area (Å²) in [6, 6.07) is 14.9. The van der Waals surface area contributed by atoms with E-state index < -0.39 is 0 Å². The van der Waals surface area contributed by atoms with E-state index in [2.05, 4.69) is 5.32 Å². The number of rotatable bonds is 3. The summed E-state index contributed by atoms with van der Waals surface area (Å²) in [6.45, 7) is 0.403. The molecule has 4 heteroatoms. The Labute approximate surface area is 124 Å². The Morgan fingerprint density at radius 2 is 1.95 bits per heavy atom. The van der Waals surface area contributed by atoms with Gasteiger partial charge in [0.15, 0.2) is 0 Å². The van der Waals surface area contributed by atoms with Crippen LogP contribution in [0.3, 0.4) is 0 Å². The molecule has 0 spiro atoms. The molecule has 1 amide bonds. The van der Waals surface area contributed by atoms with Gasteiger partial charge in [-0.25, -0.2) is 0 Å². The average Bonchev–Trinajstić information content (AvgIpc) is 2.92. The predicted molar refractivity (Wildman–Crippen MR) is 82.1 cm³/mol. The van der Waals surface area contributed by atoms with Gasteiger partial charge >= 0.3 is 0 Å². The third-order valence-electron chi connectivity index (χ3n) is 3.84. The van der Waals surface area contributed by atoms with E-state index in [9.17, 15) is 9.90 Å². The molecule has 1 aliphatic rings. The Morgan fingerprint density at radius 1 is 1.24 bits per heavy atom. The molecule has 0 aromatic heterocycles. The number of hydrogen-bond donors (Lipinski definition) is 2. The molecule has 1 aliphatic heterocycles. The summed E-state index contributed by atoms with van der Waals surface area (Å²) in [7, 11) is 1.76. The van der Waals surface area contributed by atoms with Gasteiger partial charge in [0.1, 0.15) is 11.8 Å². The maximum atomic E-state index is 12.5. The van der Waals surface area contributed by atoms with Gasteiger partial charge in [-0.1, -0.05) is 36.4 Å². The van der Waals surface area contributed by atoms with Crippen LogP contribution in [0.2, 0.25) is 0 Å². The van der Waals surface area contributed by atoms with Gasteiger partial charge in [0.05, 0.1) is 0 Å². The summed E-state index contributed by atoms with van der Waals surface area (Å²) in [5, 5.41) is 13.1. The van der Waals surface area contributed by atoms with Crippen LogP contribution >= 0.6 is 0 Å². The second-order valence-corrected chi connectivity index (χ2v) is 5.38. The van der Waals surface area contributed by atoms with E-state index in [4.69, 9.17) is 0 Å². The number of phenolic OH excluding ortho intramolecular Hbond substituents is 1. The van der Waals surface area contributed by atoms with Gasteiger partial charge in [-0.2, -0.15) is 0 Å². The number of likely N-dealkylation sites (N-methyl/N-ethyl adjacent to an activating group) is 1. The molecule has 1 atom stereocenters. The lowest BCUT2D eigenvalue weighted by Crippen LogP contribution is -2.39. The Bertz CT molecular complexity index is 644. The smallest absolute Gasteiger partial charge is 0.245 e. The number of aromatic hydroxyl groups is 1. The number of para-hydroxylation sites is 2.